The second-order valence-electron chi connectivity index (χ2n) is 6.78. The minimum atomic E-state index is -0.155. The Morgan fingerprint density at radius 3 is 2.33 bits per heavy atom. The van der Waals surface area contributed by atoms with Crippen LogP contribution in [-0.2, 0) is 11.2 Å². The van der Waals surface area contributed by atoms with E-state index < -0.39 is 0 Å². The lowest BCUT2D eigenvalue weighted by molar-refractivity contribution is -0.122. The Balaban J connectivity index is 1.65. The number of amidine groups is 1. The number of hydrogen-bond acceptors (Lipinski definition) is 5. The normalized spacial score (nSPS) is 16.5. The van der Waals surface area contributed by atoms with Crippen LogP contribution in [0.5, 0.6) is 11.5 Å². The number of phenols is 2. The largest absolute Gasteiger partial charge is 0.508 e. The molecule has 3 aromatic carbocycles. The summed E-state index contributed by atoms with van der Waals surface area (Å²) in [5.74, 6) is -0.269. The van der Waals surface area contributed by atoms with E-state index in [-0.39, 0.29) is 17.4 Å². The Kier molecular flexibility index (Phi) is 5.86. The van der Waals surface area contributed by atoms with Crippen molar-refractivity contribution in [3.8, 4) is 11.5 Å². The van der Waals surface area contributed by atoms with Crippen molar-refractivity contribution >= 4 is 34.6 Å². The van der Waals surface area contributed by atoms with Gasteiger partial charge in [-0.05, 0) is 54.1 Å². The Morgan fingerprint density at radius 1 is 0.933 bits per heavy atom. The summed E-state index contributed by atoms with van der Waals surface area (Å²) < 4.78 is 0. The molecule has 0 saturated carbocycles. The first-order valence-electron chi connectivity index (χ1n) is 9.51. The molecule has 4 rings (SSSR count). The molecule has 0 aromatic heterocycles. The Labute approximate surface area is 179 Å². The van der Waals surface area contributed by atoms with E-state index in [0.717, 1.165) is 11.3 Å². The predicted octanol–water partition coefficient (Wildman–Crippen LogP) is 4.94. The van der Waals surface area contributed by atoms with Crippen LogP contribution in [0.3, 0.4) is 0 Å². The maximum atomic E-state index is 13.1. The van der Waals surface area contributed by atoms with Crippen LogP contribution in [-0.4, -0.2) is 32.7 Å². The van der Waals surface area contributed by atoms with Gasteiger partial charge in [-0.25, -0.2) is 4.99 Å². The fraction of sp³-hybridized carbons (Fsp3) is 0.0833. The van der Waals surface area contributed by atoms with Crippen LogP contribution in [0.4, 0.5) is 5.69 Å². The van der Waals surface area contributed by atoms with E-state index in [1.807, 2.05) is 60.7 Å². The zero-order valence-electron chi connectivity index (χ0n) is 16.1. The van der Waals surface area contributed by atoms with Crippen molar-refractivity contribution in [2.24, 2.45) is 4.99 Å². The lowest BCUT2D eigenvalue weighted by Crippen LogP contribution is -2.31. The van der Waals surface area contributed by atoms with E-state index in [4.69, 9.17) is 0 Å². The van der Waals surface area contributed by atoms with Crippen LogP contribution >= 0.6 is 11.8 Å². The molecule has 1 heterocycles. The zero-order chi connectivity index (χ0) is 20.9. The van der Waals surface area contributed by atoms with Gasteiger partial charge in [0.2, 0.25) is 0 Å². The van der Waals surface area contributed by atoms with E-state index in [0.29, 0.717) is 28.6 Å². The van der Waals surface area contributed by atoms with E-state index in [1.54, 1.807) is 17.0 Å². The van der Waals surface area contributed by atoms with Crippen LogP contribution in [0, 0.1) is 0 Å². The summed E-state index contributed by atoms with van der Waals surface area (Å²) in [5.41, 5.74) is 2.38. The van der Waals surface area contributed by atoms with Crippen molar-refractivity contribution in [1.29, 1.82) is 0 Å². The summed E-state index contributed by atoms with van der Waals surface area (Å²) in [5, 5.41) is 20.2. The molecular weight excluding hydrogens is 396 g/mol. The topological polar surface area (TPSA) is 73.1 Å². The van der Waals surface area contributed by atoms with Gasteiger partial charge in [-0.3, -0.25) is 9.69 Å². The first kappa shape index (κ1) is 19.8. The highest BCUT2D eigenvalue weighted by Crippen LogP contribution is 2.36. The number of benzene rings is 3. The second-order valence-corrected chi connectivity index (χ2v) is 7.79. The number of carbonyl (C=O) groups excluding carboxylic acids is 1. The van der Waals surface area contributed by atoms with Crippen LogP contribution in [0.15, 0.2) is 88.8 Å². The quantitative estimate of drug-likeness (QED) is 0.578. The molecule has 1 saturated heterocycles. The maximum absolute atomic E-state index is 13.1. The molecule has 30 heavy (non-hydrogen) atoms. The highest BCUT2D eigenvalue weighted by molar-refractivity contribution is 8.18. The number of aromatic hydroxyl groups is 2. The molecule has 5 nitrogen and oxygen atoms in total. The van der Waals surface area contributed by atoms with E-state index >= 15 is 0 Å². The van der Waals surface area contributed by atoms with E-state index in [1.165, 1.54) is 23.9 Å². The van der Waals surface area contributed by atoms with Crippen molar-refractivity contribution in [3.63, 3.8) is 0 Å². The van der Waals surface area contributed by atoms with Gasteiger partial charge < -0.3 is 10.2 Å². The van der Waals surface area contributed by atoms with Gasteiger partial charge in [0.05, 0.1) is 10.6 Å². The lowest BCUT2D eigenvalue weighted by Gasteiger charge is -2.15. The molecule has 6 heteroatoms. The number of para-hydroxylation sites is 1. The minimum Gasteiger partial charge on any atom is -0.508 e. The molecule has 1 fully saturated rings. The summed E-state index contributed by atoms with van der Waals surface area (Å²) in [6.45, 7) is 0.500. The van der Waals surface area contributed by atoms with Crippen molar-refractivity contribution in [2.45, 2.75) is 6.42 Å². The standard InChI is InChI=1S/C24H20N2O3S/c27-20-12-11-18(21(28)16-20)15-22-23(29)26(14-13-17-7-3-1-4-8-17)24(30-22)25-19-9-5-2-6-10-19/h1-12,15-16,27-28H,13-14H2/b22-15+,25-24?. The highest BCUT2D eigenvalue weighted by atomic mass is 32.2. The first-order chi connectivity index (χ1) is 14.6. The van der Waals surface area contributed by atoms with Crippen LogP contribution in [0.2, 0.25) is 0 Å². The summed E-state index contributed by atoms with van der Waals surface area (Å²) in [4.78, 5) is 20.0. The van der Waals surface area contributed by atoms with E-state index in [9.17, 15) is 15.0 Å². The van der Waals surface area contributed by atoms with Gasteiger partial charge in [0.25, 0.3) is 5.91 Å². The molecule has 3 aromatic rings. The molecule has 0 unspecified atom stereocenters. The van der Waals surface area contributed by atoms with Crippen molar-refractivity contribution < 1.29 is 15.0 Å². The van der Waals surface area contributed by atoms with Gasteiger partial charge >= 0.3 is 0 Å². The number of thioether (sulfide) groups is 1. The number of carbonyl (C=O) groups is 1. The van der Waals surface area contributed by atoms with E-state index in [2.05, 4.69) is 4.99 Å². The average Bonchev–Trinajstić information content (AvgIpc) is 3.04. The Morgan fingerprint density at radius 2 is 1.63 bits per heavy atom. The van der Waals surface area contributed by atoms with Crippen molar-refractivity contribution in [2.75, 3.05) is 6.54 Å². The molecular formula is C24H20N2O3S. The number of phenolic OH excluding ortho intramolecular Hbond substituents is 2. The molecule has 0 spiro atoms. The molecule has 1 amide bonds. The summed E-state index contributed by atoms with van der Waals surface area (Å²) in [6.07, 6.45) is 2.34. The first-order valence-corrected chi connectivity index (χ1v) is 10.3. The van der Waals surface area contributed by atoms with Gasteiger partial charge in [-0.15, -0.1) is 0 Å². The monoisotopic (exact) mass is 416 g/mol. The fourth-order valence-electron chi connectivity index (χ4n) is 3.08. The summed E-state index contributed by atoms with van der Waals surface area (Å²) in [6, 6.07) is 23.8. The molecule has 0 radical (unpaired) electrons. The average molecular weight is 417 g/mol. The van der Waals surface area contributed by atoms with Gasteiger partial charge in [-0.2, -0.15) is 0 Å². The molecule has 0 atom stereocenters. The molecule has 1 aliphatic heterocycles. The third-order valence-corrected chi connectivity index (χ3v) is 5.64. The molecule has 150 valence electrons. The lowest BCUT2D eigenvalue weighted by atomic mass is 10.1. The maximum Gasteiger partial charge on any atom is 0.266 e. The van der Waals surface area contributed by atoms with Crippen molar-refractivity contribution in [3.05, 3.63) is 94.9 Å². The molecule has 2 N–H and O–H groups in total. The fourth-order valence-corrected chi connectivity index (χ4v) is 4.10. The van der Waals surface area contributed by atoms with Crippen LogP contribution in [0.1, 0.15) is 11.1 Å². The number of rotatable bonds is 5. The summed E-state index contributed by atoms with van der Waals surface area (Å²) >= 11 is 1.28. The second kappa shape index (κ2) is 8.88. The molecule has 1 aliphatic rings. The predicted molar refractivity (Wildman–Crippen MR) is 121 cm³/mol. The third-order valence-electron chi connectivity index (χ3n) is 4.64. The van der Waals surface area contributed by atoms with Gasteiger partial charge in [-0.1, -0.05) is 48.5 Å². The Hall–Kier alpha value is -3.51. The third kappa shape index (κ3) is 4.55. The molecule has 0 aliphatic carbocycles. The van der Waals surface area contributed by atoms with Crippen molar-refractivity contribution in [1.82, 2.24) is 4.90 Å². The number of hydrogen-bond donors (Lipinski definition) is 2. The zero-order valence-corrected chi connectivity index (χ0v) is 16.9. The number of amides is 1. The number of nitrogens with zero attached hydrogens (tertiary/aromatic N) is 2. The molecule has 0 bridgehead atoms. The highest BCUT2D eigenvalue weighted by Gasteiger charge is 2.33. The minimum absolute atomic E-state index is 0.0316. The number of aliphatic imine (C=N–C) groups is 1. The van der Waals surface area contributed by atoms with Gasteiger partial charge in [0, 0.05) is 18.2 Å². The Bertz CT molecular complexity index is 1110. The van der Waals surface area contributed by atoms with Crippen LogP contribution in [0.25, 0.3) is 6.08 Å². The van der Waals surface area contributed by atoms with Gasteiger partial charge in [0.15, 0.2) is 5.17 Å². The van der Waals surface area contributed by atoms with Gasteiger partial charge in [0.1, 0.15) is 11.5 Å². The summed E-state index contributed by atoms with van der Waals surface area (Å²) in [7, 11) is 0. The SMILES string of the molecule is O=C1/C(=C\c2ccc(O)cc2O)SC(=Nc2ccccc2)N1CCc1ccccc1. The van der Waals surface area contributed by atoms with Crippen LogP contribution < -0.4 is 0 Å². The smallest absolute Gasteiger partial charge is 0.266 e.